The van der Waals surface area contributed by atoms with Crippen molar-refractivity contribution < 1.29 is 0 Å². The molecule has 90 valence electrons. The van der Waals surface area contributed by atoms with E-state index in [1.54, 1.807) is 0 Å². The van der Waals surface area contributed by atoms with Crippen LogP contribution in [0, 0.1) is 0 Å². The molecule has 0 aliphatic heterocycles. The van der Waals surface area contributed by atoms with Gasteiger partial charge in [-0.05, 0) is 5.56 Å². The van der Waals surface area contributed by atoms with Crippen molar-refractivity contribution in [2.45, 2.75) is 19.3 Å². The molecular weight excluding hydrogens is 252 g/mol. The zero-order valence-electron chi connectivity index (χ0n) is 9.90. The van der Waals surface area contributed by atoms with E-state index in [1.807, 2.05) is 11.4 Å². The van der Waals surface area contributed by atoms with Gasteiger partial charge in [0.05, 0.1) is 0 Å². The van der Waals surface area contributed by atoms with Crippen molar-refractivity contribution in [2.75, 3.05) is 11.9 Å². The molecule has 0 atom stereocenters. The van der Waals surface area contributed by atoms with Gasteiger partial charge in [0.1, 0.15) is 5.15 Å². The molecule has 4 heteroatoms. The van der Waals surface area contributed by atoms with Crippen molar-refractivity contribution in [2.24, 2.45) is 0 Å². The summed E-state index contributed by atoms with van der Waals surface area (Å²) in [5, 5.41) is 6.58. The summed E-state index contributed by atoms with van der Waals surface area (Å²) in [6.45, 7) is 5.26. The van der Waals surface area contributed by atoms with Crippen LogP contribution >= 0.6 is 22.9 Å². The Morgan fingerprint density at radius 1 is 1.29 bits per heavy atom. The van der Waals surface area contributed by atoms with Crippen LogP contribution < -0.4 is 5.32 Å². The first kappa shape index (κ1) is 12.4. The maximum Gasteiger partial charge on any atom is 0.184 e. The Labute approximate surface area is 111 Å². The summed E-state index contributed by atoms with van der Waals surface area (Å²) in [5.41, 5.74) is 1.38. The highest BCUT2D eigenvalue weighted by atomic mass is 35.5. The smallest absolute Gasteiger partial charge is 0.184 e. The fourth-order valence-electron chi connectivity index (χ4n) is 1.62. The molecule has 0 spiro atoms. The third kappa shape index (κ3) is 3.20. The minimum absolute atomic E-state index is 0.0689. The van der Waals surface area contributed by atoms with Gasteiger partial charge in [-0.15, -0.1) is 11.3 Å². The molecule has 1 heterocycles. The molecule has 0 fully saturated rings. The van der Waals surface area contributed by atoms with Gasteiger partial charge in [0.25, 0.3) is 0 Å². The summed E-state index contributed by atoms with van der Waals surface area (Å²) in [5.74, 6) is 0. The van der Waals surface area contributed by atoms with Gasteiger partial charge in [-0.1, -0.05) is 55.8 Å². The van der Waals surface area contributed by atoms with Gasteiger partial charge in [0, 0.05) is 17.3 Å². The van der Waals surface area contributed by atoms with E-state index in [9.17, 15) is 0 Å². The summed E-state index contributed by atoms with van der Waals surface area (Å²) in [4.78, 5) is 4.18. The molecule has 0 unspecified atom stereocenters. The largest absolute Gasteiger partial charge is 0.361 e. The summed E-state index contributed by atoms with van der Waals surface area (Å²) in [6.07, 6.45) is 0. The Hall–Kier alpha value is -1.06. The van der Waals surface area contributed by atoms with E-state index < -0.39 is 0 Å². The van der Waals surface area contributed by atoms with Crippen LogP contribution in [0.2, 0.25) is 5.15 Å². The molecule has 1 aromatic carbocycles. The van der Waals surface area contributed by atoms with Gasteiger partial charge >= 0.3 is 0 Å². The first-order valence-electron chi connectivity index (χ1n) is 5.48. The molecule has 0 saturated heterocycles. The maximum atomic E-state index is 5.79. The molecule has 2 rings (SSSR count). The summed E-state index contributed by atoms with van der Waals surface area (Å²) in [6, 6.07) is 10.5. The first-order chi connectivity index (χ1) is 8.08. The van der Waals surface area contributed by atoms with Crippen molar-refractivity contribution in [1.82, 2.24) is 4.98 Å². The number of rotatable bonds is 4. The molecule has 0 radical (unpaired) electrons. The van der Waals surface area contributed by atoms with E-state index in [-0.39, 0.29) is 5.41 Å². The van der Waals surface area contributed by atoms with E-state index in [0.29, 0.717) is 5.15 Å². The van der Waals surface area contributed by atoms with Crippen LogP contribution in [0.4, 0.5) is 5.13 Å². The SMILES string of the molecule is CC(C)(CNc1nc(Cl)cs1)c1ccccc1. The Bertz CT molecular complexity index is 479. The van der Waals surface area contributed by atoms with Gasteiger partial charge in [-0.25, -0.2) is 4.98 Å². The summed E-state index contributed by atoms with van der Waals surface area (Å²) >= 11 is 7.32. The van der Waals surface area contributed by atoms with Crippen molar-refractivity contribution in [3.8, 4) is 0 Å². The normalized spacial score (nSPS) is 11.5. The Morgan fingerprint density at radius 2 is 2.00 bits per heavy atom. The Morgan fingerprint density at radius 3 is 2.59 bits per heavy atom. The van der Waals surface area contributed by atoms with Crippen molar-refractivity contribution >= 4 is 28.1 Å². The highest BCUT2D eigenvalue weighted by Gasteiger charge is 2.20. The molecule has 0 aliphatic rings. The van der Waals surface area contributed by atoms with E-state index in [0.717, 1.165) is 11.7 Å². The van der Waals surface area contributed by atoms with Crippen LogP contribution in [0.1, 0.15) is 19.4 Å². The molecule has 2 aromatic rings. The second kappa shape index (κ2) is 5.07. The molecule has 17 heavy (non-hydrogen) atoms. The highest BCUT2D eigenvalue weighted by molar-refractivity contribution is 7.14. The van der Waals surface area contributed by atoms with Crippen molar-refractivity contribution in [1.29, 1.82) is 0 Å². The third-order valence-corrected chi connectivity index (χ3v) is 3.84. The number of thiazole rings is 1. The Kier molecular flexibility index (Phi) is 3.69. The van der Waals surface area contributed by atoms with Gasteiger partial charge in [-0.2, -0.15) is 0 Å². The minimum atomic E-state index is 0.0689. The fraction of sp³-hybridized carbons (Fsp3) is 0.308. The number of benzene rings is 1. The highest BCUT2D eigenvalue weighted by Crippen LogP contribution is 2.25. The third-order valence-electron chi connectivity index (χ3n) is 2.71. The van der Waals surface area contributed by atoms with Crippen LogP contribution in [0.3, 0.4) is 0 Å². The average molecular weight is 267 g/mol. The quantitative estimate of drug-likeness (QED) is 0.898. The molecule has 2 nitrogen and oxygen atoms in total. The second-order valence-electron chi connectivity index (χ2n) is 4.58. The zero-order valence-corrected chi connectivity index (χ0v) is 11.5. The van der Waals surface area contributed by atoms with Crippen molar-refractivity contribution in [3.63, 3.8) is 0 Å². The number of hydrogen-bond acceptors (Lipinski definition) is 3. The zero-order chi connectivity index (χ0) is 12.3. The van der Waals surface area contributed by atoms with Crippen LogP contribution in [-0.4, -0.2) is 11.5 Å². The fourth-order valence-corrected chi connectivity index (χ4v) is 2.46. The van der Waals surface area contributed by atoms with E-state index in [2.05, 4.69) is 48.4 Å². The minimum Gasteiger partial charge on any atom is -0.361 e. The lowest BCUT2D eigenvalue weighted by atomic mass is 9.85. The number of halogens is 1. The monoisotopic (exact) mass is 266 g/mol. The number of aromatic nitrogens is 1. The standard InChI is InChI=1S/C13H15ClN2S/c1-13(2,10-6-4-3-5-7-10)9-15-12-16-11(14)8-17-12/h3-8H,9H2,1-2H3,(H,15,16). The summed E-state index contributed by atoms with van der Waals surface area (Å²) < 4.78 is 0. The van der Waals surface area contributed by atoms with Gasteiger partial charge in [0.15, 0.2) is 5.13 Å². The van der Waals surface area contributed by atoms with Gasteiger partial charge in [0.2, 0.25) is 0 Å². The molecule has 0 aliphatic carbocycles. The van der Waals surface area contributed by atoms with Crippen LogP contribution in [0.5, 0.6) is 0 Å². The van der Waals surface area contributed by atoms with E-state index in [4.69, 9.17) is 11.6 Å². The van der Waals surface area contributed by atoms with Crippen molar-refractivity contribution in [3.05, 3.63) is 46.4 Å². The van der Waals surface area contributed by atoms with Crippen LogP contribution in [-0.2, 0) is 5.41 Å². The average Bonchev–Trinajstić information content (AvgIpc) is 2.74. The molecule has 0 saturated carbocycles. The lowest BCUT2D eigenvalue weighted by Gasteiger charge is -2.25. The van der Waals surface area contributed by atoms with Gasteiger partial charge in [-0.3, -0.25) is 0 Å². The lowest BCUT2D eigenvalue weighted by Crippen LogP contribution is -2.27. The van der Waals surface area contributed by atoms with E-state index in [1.165, 1.54) is 16.9 Å². The second-order valence-corrected chi connectivity index (χ2v) is 5.82. The molecule has 0 amide bonds. The number of nitrogens with one attached hydrogen (secondary N) is 1. The first-order valence-corrected chi connectivity index (χ1v) is 6.74. The number of hydrogen-bond donors (Lipinski definition) is 1. The predicted octanol–water partition coefficient (Wildman–Crippen LogP) is 4.19. The Balaban J connectivity index is 2.03. The number of anilines is 1. The summed E-state index contributed by atoms with van der Waals surface area (Å²) in [7, 11) is 0. The van der Waals surface area contributed by atoms with Crippen LogP contribution in [0.15, 0.2) is 35.7 Å². The number of nitrogens with zero attached hydrogens (tertiary/aromatic N) is 1. The predicted molar refractivity (Wildman–Crippen MR) is 75.1 cm³/mol. The molecule has 1 N–H and O–H groups in total. The van der Waals surface area contributed by atoms with Gasteiger partial charge < -0.3 is 5.32 Å². The molecule has 1 aromatic heterocycles. The molecule has 0 bridgehead atoms. The van der Waals surface area contributed by atoms with E-state index >= 15 is 0 Å². The topological polar surface area (TPSA) is 24.9 Å². The lowest BCUT2D eigenvalue weighted by molar-refractivity contribution is 0.557. The van der Waals surface area contributed by atoms with Crippen LogP contribution in [0.25, 0.3) is 0 Å². The molecular formula is C13H15ClN2S. The maximum absolute atomic E-state index is 5.79.